The smallest absolute Gasteiger partial charge is 0.323 e. The van der Waals surface area contributed by atoms with Crippen molar-refractivity contribution in [2.24, 2.45) is 0 Å². The summed E-state index contributed by atoms with van der Waals surface area (Å²) in [4.78, 5) is 24.1. The quantitative estimate of drug-likeness (QED) is 0.225. The zero-order valence-electron chi connectivity index (χ0n) is 18.3. The molecule has 0 bridgehead atoms. The van der Waals surface area contributed by atoms with E-state index in [1.54, 1.807) is 6.92 Å². The molecule has 5 nitrogen and oxygen atoms in total. The topological polar surface area (TPSA) is 64.6 Å². The largest absolute Gasteiger partial charge is 0.465 e. The summed E-state index contributed by atoms with van der Waals surface area (Å²) < 4.78 is 12.8. The summed E-state index contributed by atoms with van der Waals surface area (Å²) in [5.74, 6) is 0.568. The lowest BCUT2D eigenvalue weighted by Crippen LogP contribution is -2.33. The molecule has 1 N–H and O–H groups in total. The van der Waals surface area contributed by atoms with Gasteiger partial charge in [-0.3, -0.25) is 14.7 Å². The molecule has 31 heavy (non-hydrogen) atoms. The number of aldehydes is 1. The molecule has 0 spiro atoms. The number of carbonyl (C=O) groups is 2. The molecule has 1 aromatic heterocycles. The van der Waals surface area contributed by atoms with Gasteiger partial charge in [-0.2, -0.15) is 0 Å². The van der Waals surface area contributed by atoms with E-state index in [4.69, 9.17) is 9.26 Å². The third kappa shape index (κ3) is 6.13. The van der Waals surface area contributed by atoms with Crippen LogP contribution in [0.2, 0.25) is 0 Å². The van der Waals surface area contributed by atoms with E-state index in [1.807, 2.05) is 51.1 Å². The predicted molar refractivity (Wildman–Crippen MR) is 128 cm³/mol. The van der Waals surface area contributed by atoms with E-state index in [-0.39, 0.29) is 5.97 Å². The predicted octanol–water partition coefficient (Wildman–Crippen LogP) is 6.15. The van der Waals surface area contributed by atoms with Gasteiger partial charge in [-0.15, -0.1) is 11.3 Å². The average Bonchev–Trinajstić information content (AvgIpc) is 3.17. The van der Waals surface area contributed by atoms with Crippen molar-refractivity contribution in [3.63, 3.8) is 0 Å². The van der Waals surface area contributed by atoms with Crippen LogP contribution >= 0.6 is 19.6 Å². The lowest BCUT2D eigenvalue weighted by molar-refractivity contribution is -0.145. The Morgan fingerprint density at radius 1 is 1.19 bits per heavy atom. The summed E-state index contributed by atoms with van der Waals surface area (Å²) >= 11 is 1.48. The molecule has 0 saturated carbocycles. The first-order chi connectivity index (χ1) is 14.9. The Hall–Kier alpha value is -2.27. The monoisotopic (exact) mass is 457 g/mol. The molecule has 2 aromatic carbocycles. The van der Waals surface area contributed by atoms with Crippen LogP contribution in [-0.2, 0) is 15.7 Å². The minimum absolute atomic E-state index is 0.275. The highest BCUT2D eigenvalue weighted by molar-refractivity contribution is 7.50. The molecule has 0 amide bonds. The molecule has 7 heteroatoms. The number of rotatable bonds is 10. The van der Waals surface area contributed by atoms with Gasteiger partial charge < -0.3 is 9.26 Å². The molecule has 0 aliphatic heterocycles. The Bertz CT molecular complexity index is 1040. The van der Waals surface area contributed by atoms with Gasteiger partial charge in [-0.25, -0.2) is 0 Å². The molecule has 0 aliphatic carbocycles. The minimum Gasteiger partial charge on any atom is -0.465 e. The molecular formula is C24H28NO4PS. The normalized spacial score (nSPS) is 13.0. The number of fused-ring (bicyclic) bond motifs is 1. The van der Waals surface area contributed by atoms with Crippen molar-refractivity contribution in [3.05, 3.63) is 64.0 Å². The van der Waals surface area contributed by atoms with Crippen LogP contribution in [0.3, 0.4) is 0 Å². The third-order valence-electron chi connectivity index (χ3n) is 4.79. The Kier molecular flexibility index (Phi) is 8.19. The van der Waals surface area contributed by atoms with E-state index in [2.05, 4.69) is 17.2 Å². The standard InChI is InChI=1S/C24H28NO4PS/c1-5-11-28-24(27)18(4)25-30(29-23-16(2)7-6-8-17(23)3)15-19-9-10-22-20(12-19)13-21(14-26)31-22/h6-10,12-14,18,25H,5,11,15H2,1-4H3. The maximum Gasteiger partial charge on any atom is 0.323 e. The molecule has 2 unspecified atom stereocenters. The zero-order valence-corrected chi connectivity index (χ0v) is 20.0. The molecule has 2 atom stereocenters. The fraction of sp³-hybridized carbons (Fsp3) is 0.333. The summed E-state index contributed by atoms with van der Waals surface area (Å²) in [5, 5.41) is 4.40. The number of aryl methyl sites for hydroxylation is 2. The highest BCUT2D eigenvalue weighted by atomic mass is 32.1. The minimum atomic E-state index is -1.20. The third-order valence-corrected chi connectivity index (χ3v) is 7.56. The van der Waals surface area contributed by atoms with Crippen LogP contribution in [0.25, 0.3) is 10.1 Å². The van der Waals surface area contributed by atoms with Crippen LogP contribution < -0.4 is 9.61 Å². The molecule has 3 aromatic rings. The van der Waals surface area contributed by atoms with Gasteiger partial charge in [0.05, 0.1) is 11.5 Å². The summed E-state index contributed by atoms with van der Waals surface area (Å²) in [6, 6.07) is 13.7. The van der Waals surface area contributed by atoms with Crippen molar-refractivity contribution in [2.75, 3.05) is 6.61 Å². The van der Waals surface area contributed by atoms with Gasteiger partial charge in [0.2, 0.25) is 0 Å². The molecular weight excluding hydrogens is 429 g/mol. The van der Waals surface area contributed by atoms with Crippen molar-refractivity contribution in [1.82, 2.24) is 5.09 Å². The number of hydrogen-bond acceptors (Lipinski definition) is 6. The van der Waals surface area contributed by atoms with E-state index in [9.17, 15) is 9.59 Å². The van der Waals surface area contributed by atoms with Crippen molar-refractivity contribution in [3.8, 4) is 5.75 Å². The maximum atomic E-state index is 12.3. The van der Waals surface area contributed by atoms with Crippen molar-refractivity contribution in [1.29, 1.82) is 0 Å². The number of carbonyl (C=O) groups excluding carboxylic acids is 2. The number of nitrogens with one attached hydrogen (secondary N) is 1. The first kappa shape index (κ1) is 23.4. The average molecular weight is 458 g/mol. The highest BCUT2D eigenvalue weighted by Gasteiger charge is 2.23. The SMILES string of the molecule is CCCOC(=O)C(C)NP(Cc1ccc2sc(C=O)cc2c1)Oc1c(C)cccc1C. The Morgan fingerprint density at radius 3 is 2.61 bits per heavy atom. The summed E-state index contributed by atoms with van der Waals surface area (Å²) in [6.45, 7) is 8.23. The second-order valence-electron chi connectivity index (χ2n) is 7.51. The second-order valence-corrected chi connectivity index (χ2v) is 10.1. The number of benzene rings is 2. The van der Waals surface area contributed by atoms with Crippen molar-refractivity contribution >= 4 is 42.0 Å². The van der Waals surface area contributed by atoms with Crippen LogP contribution in [0.15, 0.2) is 42.5 Å². The Labute approximate surface area is 188 Å². The van der Waals surface area contributed by atoms with E-state index in [0.29, 0.717) is 17.6 Å². The molecule has 0 saturated heterocycles. The van der Waals surface area contributed by atoms with Crippen LogP contribution in [0, 0.1) is 13.8 Å². The van der Waals surface area contributed by atoms with Gasteiger partial charge >= 0.3 is 5.97 Å². The van der Waals surface area contributed by atoms with Gasteiger partial charge in [0, 0.05) is 10.9 Å². The van der Waals surface area contributed by atoms with Gasteiger partial charge in [0.1, 0.15) is 11.8 Å². The summed E-state index contributed by atoms with van der Waals surface area (Å²) in [6.07, 6.45) is 2.29. The molecule has 3 rings (SSSR count). The maximum absolute atomic E-state index is 12.3. The van der Waals surface area contributed by atoms with E-state index in [1.165, 1.54) is 11.3 Å². The lowest BCUT2D eigenvalue weighted by Gasteiger charge is -2.24. The van der Waals surface area contributed by atoms with Crippen LogP contribution in [0.1, 0.15) is 46.6 Å². The summed E-state index contributed by atoms with van der Waals surface area (Å²) in [7, 11) is -1.20. The fourth-order valence-electron chi connectivity index (χ4n) is 3.19. The number of thiophene rings is 1. The first-order valence-corrected chi connectivity index (χ1v) is 12.6. The second kappa shape index (κ2) is 10.9. The van der Waals surface area contributed by atoms with Crippen LogP contribution in [0.5, 0.6) is 5.75 Å². The van der Waals surface area contributed by atoms with Crippen molar-refractivity contribution < 1.29 is 18.8 Å². The number of ether oxygens (including phenoxy) is 1. The lowest BCUT2D eigenvalue weighted by atomic mass is 10.1. The van der Waals surface area contributed by atoms with E-state index < -0.39 is 14.3 Å². The van der Waals surface area contributed by atoms with Gasteiger partial charge in [0.25, 0.3) is 0 Å². The highest BCUT2D eigenvalue weighted by Crippen LogP contribution is 2.42. The number of esters is 1. The fourth-order valence-corrected chi connectivity index (χ4v) is 5.83. The summed E-state index contributed by atoms with van der Waals surface area (Å²) in [5.41, 5.74) is 3.19. The van der Waals surface area contributed by atoms with Gasteiger partial charge in [-0.05, 0) is 67.5 Å². The molecule has 1 heterocycles. The zero-order chi connectivity index (χ0) is 22.4. The molecule has 0 radical (unpaired) electrons. The Morgan fingerprint density at radius 2 is 1.94 bits per heavy atom. The Balaban J connectivity index is 1.83. The molecule has 0 fully saturated rings. The van der Waals surface area contributed by atoms with E-state index >= 15 is 0 Å². The first-order valence-electron chi connectivity index (χ1n) is 10.3. The number of para-hydroxylation sites is 1. The number of hydrogen-bond donors (Lipinski definition) is 1. The van der Waals surface area contributed by atoms with Crippen molar-refractivity contribution in [2.45, 2.75) is 46.3 Å². The van der Waals surface area contributed by atoms with Crippen LogP contribution in [0.4, 0.5) is 0 Å². The van der Waals surface area contributed by atoms with E-state index in [0.717, 1.165) is 45.2 Å². The molecule has 164 valence electrons. The van der Waals surface area contributed by atoms with Gasteiger partial charge in [-0.1, -0.05) is 31.2 Å². The molecule has 0 aliphatic rings. The van der Waals surface area contributed by atoms with Gasteiger partial charge in [0.15, 0.2) is 14.6 Å². The van der Waals surface area contributed by atoms with Crippen LogP contribution in [-0.4, -0.2) is 24.9 Å².